The summed E-state index contributed by atoms with van der Waals surface area (Å²) in [5, 5.41) is 2.43. The van der Waals surface area contributed by atoms with Gasteiger partial charge in [-0.25, -0.2) is 0 Å². The molecule has 30 heavy (non-hydrogen) atoms. The Kier molecular flexibility index (Phi) is 8.89. The number of methoxy groups -OCH3 is 1. The van der Waals surface area contributed by atoms with Gasteiger partial charge in [-0.2, -0.15) is 0 Å². The molecule has 8 nitrogen and oxygen atoms in total. The molecule has 2 rings (SSSR count). The molecule has 0 spiro atoms. The maximum absolute atomic E-state index is 12.2. The second-order valence-corrected chi connectivity index (χ2v) is 7.03. The van der Waals surface area contributed by atoms with Crippen LogP contribution in [0.1, 0.15) is 24.2 Å². The maximum atomic E-state index is 12.2. The normalized spacial score (nSPS) is 10.1. The number of hydrogen-bond donors (Lipinski definition) is 3. The first-order chi connectivity index (χ1) is 14.4. The van der Waals surface area contributed by atoms with E-state index in [1.165, 1.54) is 7.11 Å². The number of rotatable bonds is 8. The minimum atomic E-state index is -0.482. The van der Waals surface area contributed by atoms with E-state index in [4.69, 9.17) is 26.4 Å². The lowest BCUT2D eigenvalue weighted by atomic mass is 10.2. The summed E-state index contributed by atoms with van der Waals surface area (Å²) in [6.07, 6.45) is 0. The molecule has 0 fully saturated rings. The van der Waals surface area contributed by atoms with Crippen LogP contribution in [0.3, 0.4) is 0 Å². The Labute approximate surface area is 180 Å². The molecule has 0 saturated heterocycles. The zero-order chi connectivity index (χ0) is 21.9. The fourth-order valence-electron chi connectivity index (χ4n) is 2.22. The van der Waals surface area contributed by atoms with E-state index in [0.717, 1.165) is 0 Å². The Morgan fingerprint density at radius 3 is 2.27 bits per heavy atom. The first-order valence-corrected chi connectivity index (χ1v) is 9.68. The number of para-hydroxylation sites is 2. The van der Waals surface area contributed by atoms with Crippen LogP contribution >= 0.6 is 12.2 Å². The zero-order valence-electron chi connectivity index (χ0n) is 17.1. The quantitative estimate of drug-likeness (QED) is 0.436. The lowest BCUT2D eigenvalue weighted by molar-refractivity contribution is -0.123. The third-order valence-corrected chi connectivity index (χ3v) is 3.87. The van der Waals surface area contributed by atoms with E-state index in [1.54, 1.807) is 48.5 Å². The topological polar surface area (TPSA) is 97.9 Å². The summed E-state index contributed by atoms with van der Waals surface area (Å²) in [6.45, 7) is 4.44. The average Bonchev–Trinajstić information content (AvgIpc) is 2.75. The second-order valence-electron chi connectivity index (χ2n) is 6.63. The summed E-state index contributed by atoms with van der Waals surface area (Å²) in [5.74, 6) is 1.15. The number of hydrazine groups is 1. The minimum Gasteiger partial charge on any atom is -0.493 e. The number of ether oxygens (including phenoxy) is 3. The smallest absolute Gasteiger partial charge is 0.276 e. The molecule has 9 heteroatoms. The fourth-order valence-corrected chi connectivity index (χ4v) is 2.36. The maximum Gasteiger partial charge on any atom is 0.276 e. The highest BCUT2D eigenvalue weighted by molar-refractivity contribution is 7.80. The van der Waals surface area contributed by atoms with E-state index in [-0.39, 0.29) is 11.7 Å². The molecule has 0 aliphatic carbocycles. The molecule has 2 amide bonds. The third-order valence-electron chi connectivity index (χ3n) is 3.67. The first-order valence-electron chi connectivity index (χ1n) is 9.28. The van der Waals surface area contributed by atoms with Gasteiger partial charge in [0.05, 0.1) is 13.7 Å². The van der Waals surface area contributed by atoms with Gasteiger partial charge in [-0.1, -0.05) is 26.0 Å². The number of nitrogens with one attached hydrogen (secondary N) is 3. The molecule has 0 bridgehead atoms. The van der Waals surface area contributed by atoms with Crippen LogP contribution < -0.4 is 30.4 Å². The monoisotopic (exact) mass is 431 g/mol. The molecule has 0 atom stereocenters. The fraction of sp³-hybridized carbons (Fsp3) is 0.286. The molecular weight excluding hydrogens is 406 g/mol. The van der Waals surface area contributed by atoms with Crippen LogP contribution in [0.15, 0.2) is 48.5 Å². The van der Waals surface area contributed by atoms with Crippen molar-refractivity contribution in [3.8, 4) is 17.2 Å². The highest BCUT2D eigenvalue weighted by atomic mass is 32.1. The molecule has 0 aliphatic rings. The van der Waals surface area contributed by atoms with Gasteiger partial charge in [-0.15, -0.1) is 0 Å². The predicted octanol–water partition coefficient (Wildman–Crippen LogP) is 2.44. The third kappa shape index (κ3) is 7.59. The van der Waals surface area contributed by atoms with Crippen molar-refractivity contribution in [2.45, 2.75) is 13.8 Å². The van der Waals surface area contributed by atoms with Gasteiger partial charge in [0.25, 0.3) is 11.8 Å². The molecule has 0 aliphatic heterocycles. The summed E-state index contributed by atoms with van der Waals surface area (Å²) >= 11 is 5.02. The van der Waals surface area contributed by atoms with Crippen LogP contribution in [-0.4, -0.2) is 37.3 Å². The van der Waals surface area contributed by atoms with E-state index < -0.39 is 11.8 Å². The summed E-state index contributed by atoms with van der Waals surface area (Å²) in [5.41, 5.74) is 5.21. The molecule has 0 saturated carbocycles. The lowest BCUT2D eigenvalue weighted by Gasteiger charge is -2.13. The summed E-state index contributed by atoms with van der Waals surface area (Å²) < 4.78 is 16.1. The number of hydrogen-bond acceptors (Lipinski definition) is 6. The van der Waals surface area contributed by atoms with Crippen molar-refractivity contribution < 1.29 is 23.8 Å². The Balaban J connectivity index is 1.74. The second kappa shape index (κ2) is 11.6. The largest absolute Gasteiger partial charge is 0.493 e. The Bertz CT molecular complexity index is 871. The van der Waals surface area contributed by atoms with Crippen LogP contribution in [0, 0.1) is 5.92 Å². The Morgan fingerprint density at radius 1 is 0.967 bits per heavy atom. The van der Waals surface area contributed by atoms with Gasteiger partial charge in [0, 0.05) is 5.56 Å². The van der Waals surface area contributed by atoms with Gasteiger partial charge in [-0.3, -0.25) is 25.8 Å². The number of carbonyl (C=O) groups excluding carboxylic acids is 2. The molecule has 3 N–H and O–H groups in total. The van der Waals surface area contributed by atoms with Crippen LogP contribution in [0.5, 0.6) is 17.2 Å². The molecule has 160 valence electrons. The number of benzene rings is 2. The van der Waals surface area contributed by atoms with Gasteiger partial charge < -0.3 is 14.2 Å². The molecule has 2 aromatic rings. The van der Waals surface area contributed by atoms with Gasteiger partial charge in [-0.05, 0) is 54.5 Å². The van der Waals surface area contributed by atoms with Crippen LogP contribution in [0.25, 0.3) is 0 Å². The number of amides is 2. The average molecular weight is 432 g/mol. The van der Waals surface area contributed by atoms with Gasteiger partial charge >= 0.3 is 0 Å². The van der Waals surface area contributed by atoms with Crippen molar-refractivity contribution in [1.29, 1.82) is 0 Å². The number of thiocarbonyl (C=S) groups is 1. The van der Waals surface area contributed by atoms with Crippen molar-refractivity contribution in [2.75, 3.05) is 20.3 Å². The lowest BCUT2D eigenvalue weighted by Crippen LogP contribution is -2.49. The molecule has 0 unspecified atom stereocenters. The standard InChI is InChI=1S/C21H25N3O5S/c1-14(2)12-28-16-10-8-15(9-11-16)20(26)22-21(30)24-23-19(25)13-29-18-7-5-4-6-17(18)27-3/h4-11,14H,12-13H2,1-3H3,(H,23,25)(H2,22,24,26,30). The van der Waals surface area contributed by atoms with Gasteiger partial charge in [0.1, 0.15) is 5.75 Å². The van der Waals surface area contributed by atoms with Gasteiger partial charge in [0.15, 0.2) is 23.2 Å². The van der Waals surface area contributed by atoms with Crippen molar-refractivity contribution in [3.05, 3.63) is 54.1 Å². The van der Waals surface area contributed by atoms with Crippen molar-refractivity contribution in [1.82, 2.24) is 16.2 Å². The minimum absolute atomic E-state index is 0.0502. The molecule has 0 aromatic heterocycles. The Hall–Kier alpha value is -3.33. The predicted molar refractivity (Wildman–Crippen MR) is 117 cm³/mol. The highest BCUT2D eigenvalue weighted by Crippen LogP contribution is 2.25. The van der Waals surface area contributed by atoms with Crippen molar-refractivity contribution in [2.24, 2.45) is 5.92 Å². The highest BCUT2D eigenvalue weighted by Gasteiger charge is 2.10. The van der Waals surface area contributed by atoms with E-state index in [0.29, 0.717) is 35.3 Å². The van der Waals surface area contributed by atoms with E-state index in [9.17, 15) is 9.59 Å². The van der Waals surface area contributed by atoms with Crippen molar-refractivity contribution in [3.63, 3.8) is 0 Å². The zero-order valence-corrected chi connectivity index (χ0v) is 17.9. The molecule has 0 heterocycles. The van der Waals surface area contributed by atoms with Gasteiger partial charge in [0.2, 0.25) is 0 Å². The summed E-state index contributed by atoms with van der Waals surface area (Å²) in [4.78, 5) is 24.1. The molecular formula is C21H25N3O5S. The van der Waals surface area contributed by atoms with Crippen molar-refractivity contribution >= 4 is 29.1 Å². The van der Waals surface area contributed by atoms with E-state index in [1.807, 2.05) is 0 Å². The number of carbonyl (C=O) groups is 2. The van der Waals surface area contributed by atoms with Crippen LogP contribution in [0.2, 0.25) is 0 Å². The summed E-state index contributed by atoms with van der Waals surface area (Å²) in [7, 11) is 1.51. The molecule has 0 radical (unpaired) electrons. The SMILES string of the molecule is COc1ccccc1OCC(=O)NNC(=S)NC(=O)c1ccc(OCC(C)C)cc1. The Morgan fingerprint density at radius 2 is 1.63 bits per heavy atom. The van der Waals surface area contributed by atoms with Crippen LogP contribution in [-0.2, 0) is 4.79 Å². The molecule has 2 aromatic carbocycles. The van der Waals surface area contributed by atoms with Crippen LogP contribution in [0.4, 0.5) is 0 Å². The summed E-state index contributed by atoms with van der Waals surface area (Å²) in [6, 6.07) is 13.7. The van der Waals surface area contributed by atoms with E-state index in [2.05, 4.69) is 30.0 Å². The van der Waals surface area contributed by atoms with E-state index >= 15 is 0 Å². The first kappa shape index (κ1) is 23.0.